The van der Waals surface area contributed by atoms with Crippen molar-refractivity contribution >= 4 is 23.4 Å². The number of amides is 1. The van der Waals surface area contributed by atoms with Crippen LogP contribution in [0.5, 0.6) is 0 Å². The summed E-state index contributed by atoms with van der Waals surface area (Å²) in [6.07, 6.45) is -1.96. The Morgan fingerprint density at radius 3 is 2.45 bits per heavy atom. The molecule has 29 heavy (non-hydrogen) atoms. The highest BCUT2D eigenvalue weighted by Crippen LogP contribution is 2.33. The summed E-state index contributed by atoms with van der Waals surface area (Å²) in [5.41, 5.74) is 1.97. The molecular weight excluding hydrogens is 405 g/mol. The molecule has 0 aliphatic heterocycles. The van der Waals surface area contributed by atoms with Gasteiger partial charge in [0.15, 0.2) is 5.16 Å². The number of hydrogen-bond acceptors (Lipinski definition) is 6. The van der Waals surface area contributed by atoms with E-state index in [1.54, 1.807) is 0 Å². The van der Waals surface area contributed by atoms with E-state index < -0.39 is 17.6 Å². The van der Waals surface area contributed by atoms with E-state index in [0.29, 0.717) is 5.16 Å². The van der Waals surface area contributed by atoms with Crippen LogP contribution in [0.3, 0.4) is 0 Å². The quantitative estimate of drug-likeness (QED) is 0.498. The number of alkyl halides is 3. The first-order chi connectivity index (χ1) is 13.6. The molecule has 0 saturated carbocycles. The minimum Gasteiger partial charge on any atom is -0.323 e. The average molecular weight is 422 g/mol. The Balaban J connectivity index is 1.80. The number of benzene rings is 1. The van der Waals surface area contributed by atoms with Gasteiger partial charge in [0.1, 0.15) is 12.7 Å². The van der Waals surface area contributed by atoms with E-state index >= 15 is 0 Å². The predicted octanol–water partition coefficient (Wildman–Crippen LogP) is 3.73. The maximum Gasteiger partial charge on any atom is 0.416 e. The lowest BCUT2D eigenvalue weighted by Gasteiger charge is -2.14. The number of halogens is 3. The van der Waals surface area contributed by atoms with Crippen LogP contribution in [-0.4, -0.2) is 36.4 Å². The van der Waals surface area contributed by atoms with Crippen molar-refractivity contribution in [2.75, 3.05) is 11.1 Å². The van der Waals surface area contributed by atoms with E-state index in [-0.39, 0.29) is 17.1 Å². The smallest absolute Gasteiger partial charge is 0.323 e. The predicted molar refractivity (Wildman–Crippen MR) is 102 cm³/mol. The third kappa shape index (κ3) is 4.91. The Bertz CT molecular complexity index is 1010. The molecule has 0 radical (unpaired) electrons. The van der Waals surface area contributed by atoms with Crippen LogP contribution < -0.4 is 5.32 Å². The third-order valence-electron chi connectivity index (χ3n) is 4.21. The van der Waals surface area contributed by atoms with Crippen molar-refractivity contribution in [3.05, 3.63) is 53.4 Å². The van der Waals surface area contributed by atoms with Crippen molar-refractivity contribution in [2.45, 2.75) is 32.1 Å². The minimum atomic E-state index is -4.54. The molecule has 3 rings (SSSR count). The van der Waals surface area contributed by atoms with Gasteiger partial charge in [0.25, 0.3) is 0 Å². The maximum atomic E-state index is 13.1. The van der Waals surface area contributed by atoms with Gasteiger partial charge in [-0.1, -0.05) is 11.8 Å². The molecule has 0 atom stereocenters. The highest BCUT2D eigenvalue weighted by molar-refractivity contribution is 7.99. The summed E-state index contributed by atoms with van der Waals surface area (Å²) >= 11 is 1.11. The number of nitrogens with zero attached hydrogens (tertiary/aromatic N) is 5. The first-order valence-corrected chi connectivity index (χ1v) is 9.44. The Morgan fingerprint density at radius 1 is 1.17 bits per heavy atom. The lowest BCUT2D eigenvalue weighted by Crippen LogP contribution is -2.17. The average Bonchev–Trinajstić information content (AvgIpc) is 3.18. The summed E-state index contributed by atoms with van der Waals surface area (Å²) in [5.74, 6) is -0.551. The number of thioether (sulfide) groups is 1. The summed E-state index contributed by atoms with van der Waals surface area (Å²) in [4.78, 5) is 24.8. The summed E-state index contributed by atoms with van der Waals surface area (Å²) in [7, 11) is 0. The Hall–Kier alpha value is -2.95. The van der Waals surface area contributed by atoms with Crippen molar-refractivity contribution in [3.63, 3.8) is 0 Å². The van der Waals surface area contributed by atoms with E-state index in [1.807, 2.05) is 20.8 Å². The van der Waals surface area contributed by atoms with Gasteiger partial charge in [-0.15, -0.1) is 0 Å². The summed E-state index contributed by atoms with van der Waals surface area (Å²) < 4.78 is 40.5. The van der Waals surface area contributed by atoms with Gasteiger partial charge in [0.2, 0.25) is 5.91 Å². The maximum absolute atomic E-state index is 13.1. The molecule has 1 aromatic carbocycles. The van der Waals surface area contributed by atoms with Crippen LogP contribution in [0, 0.1) is 20.8 Å². The van der Waals surface area contributed by atoms with Crippen LogP contribution in [-0.2, 0) is 11.0 Å². The fourth-order valence-corrected chi connectivity index (χ4v) is 3.20. The molecule has 0 aliphatic carbocycles. The van der Waals surface area contributed by atoms with Gasteiger partial charge in [-0.3, -0.25) is 4.79 Å². The number of nitrogens with one attached hydrogen (secondary N) is 1. The molecule has 7 nitrogen and oxygen atoms in total. The zero-order valence-corrected chi connectivity index (χ0v) is 16.6. The first-order valence-electron chi connectivity index (χ1n) is 8.46. The number of aromatic nitrogens is 5. The molecule has 0 aliphatic rings. The second-order valence-electron chi connectivity index (χ2n) is 6.21. The zero-order valence-electron chi connectivity index (χ0n) is 15.8. The largest absolute Gasteiger partial charge is 0.416 e. The highest BCUT2D eigenvalue weighted by atomic mass is 32.2. The fraction of sp³-hybridized carbons (Fsp3) is 0.278. The molecule has 1 amide bonds. The Kier molecular flexibility index (Phi) is 5.87. The molecule has 152 valence electrons. The molecule has 0 saturated heterocycles. The number of anilines is 1. The molecule has 1 N–H and O–H groups in total. The van der Waals surface area contributed by atoms with Crippen molar-refractivity contribution in [1.29, 1.82) is 0 Å². The molecule has 3 aromatic rings. The Morgan fingerprint density at radius 2 is 1.86 bits per heavy atom. The van der Waals surface area contributed by atoms with Crippen LogP contribution >= 0.6 is 11.8 Å². The lowest BCUT2D eigenvalue weighted by atomic mass is 10.1. The third-order valence-corrected chi connectivity index (χ3v) is 5.06. The lowest BCUT2D eigenvalue weighted by molar-refractivity contribution is -0.137. The number of carbonyl (C=O) groups excluding carboxylic acids is 1. The van der Waals surface area contributed by atoms with Crippen molar-refractivity contribution in [1.82, 2.24) is 24.7 Å². The van der Waals surface area contributed by atoms with Crippen molar-refractivity contribution < 1.29 is 18.0 Å². The van der Waals surface area contributed by atoms with Gasteiger partial charge >= 0.3 is 6.18 Å². The fourth-order valence-electron chi connectivity index (χ4n) is 2.47. The SMILES string of the molecule is Cc1nc(SCC(=O)Nc2cc(C(F)(F)F)ccc2-n2cncn2)nc(C)c1C. The second-order valence-corrected chi connectivity index (χ2v) is 7.15. The summed E-state index contributed by atoms with van der Waals surface area (Å²) in [6.45, 7) is 5.60. The van der Waals surface area contributed by atoms with Gasteiger partial charge in [-0.05, 0) is 44.5 Å². The van der Waals surface area contributed by atoms with E-state index in [2.05, 4.69) is 25.4 Å². The molecule has 2 aromatic heterocycles. The van der Waals surface area contributed by atoms with Crippen LogP contribution in [0.1, 0.15) is 22.5 Å². The molecular formula is C18H17F3N6OS. The van der Waals surface area contributed by atoms with Crippen LogP contribution in [0.25, 0.3) is 5.69 Å². The molecule has 2 heterocycles. The van der Waals surface area contributed by atoms with Gasteiger partial charge in [-0.2, -0.15) is 18.3 Å². The number of hydrogen-bond donors (Lipinski definition) is 1. The second kappa shape index (κ2) is 8.19. The minimum absolute atomic E-state index is 0.0203. The first kappa shape index (κ1) is 20.8. The molecule has 0 unspecified atom stereocenters. The molecule has 11 heteroatoms. The van der Waals surface area contributed by atoms with Crippen molar-refractivity contribution in [2.24, 2.45) is 0 Å². The number of carbonyl (C=O) groups is 1. The van der Waals surface area contributed by atoms with Gasteiger partial charge < -0.3 is 5.32 Å². The van der Waals surface area contributed by atoms with Gasteiger partial charge in [0, 0.05) is 11.4 Å². The topological polar surface area (TPSA) is 85.6 Å². The van der Waals surface area contributed by atoms with E-state index in [4.69, 9.17) is 0 Å². The normalized spacial score (nSPS) is 11.5. The standard InChI is InChI=1S/C18H17F3N6OS/c1-10-11(2)24-17(25-12(10)3)29-7-16(28)26-14-6-13(18(19,20)21)4-5-15(14)27-9-22-8-23-27/h4-6,8-9H,7H2,1-3H3,(H,26,28). The van der Waals surface area contributed by atoms with Crippen LogP contribution in [0.2, 0.25) is 0 Å². The highest BCUT2D eigenvalue weighted by Gasteiger charge is 2.31. The number of rotatable bonds is 5. The van der Waals surface area contributed by atoms with Gasteiger partial charge in [-0.25, -0.2) is 19.6 Å². The van der Waals surface area contributed by atoms with E-state index in [9.17, 15) is 18.0 Å². The van der Waals surface area contributed by atoms with Crippen molar-refractivity contribution in [3.8, 4) is 5.69 Å². The van der Waals surface area contributed by atoms with Crippen LogP contribution in [0.15, 0.2) is 36.0 Å². The van der Waals surface area contributed by atoms with Crippen LogP contribution in [0.4, 0.5) is 18.9 Å². The monoisotopic (exact) mass is 422 g/mol. The van der Waals surface area contributed by atoms with Gasteiger partial charge in [0.05, 0.1) is 22.7 Å². The molecule has 0 spiro atoms. The Labute approximate surface area is 168 Å². The molecule has 0 bridgehead atoms. The van der Waals surface area contributed by atoms with E-state index in [0.717, 1.165) is 40.8 Å². The summed E-state index contributed by atoms with van der Waals surface area (Å²) in [5, 5.41) is 6.87. The summed E-state index contributed by atoms with van der Waals surface area (Å²) in [6, 6.07) is 3.03. The van der Waals surface area contributed by atoms with E-state index in [1.165, 1.54) is 23.4 Å². The zero-order chi connectivity index (χ0) is 21.2. The number of aryl methyl sites for hydroxylation is 2. The molecule has 0 fully saturated rings.